The van der Waals surface area contributed by atoms with E-state index in [4.69, 9.17) is 22.7 Å². The average molecular weight is 414 g/mol. The van der Waals surface area contributed by atoms with E-state index in [1.165, 1.54) is 0 Å². The molecule has 0 saturated carbocycles. The van der Waals surface area contributed by atoms with Gasteiger partial charge < -0.3 is 15.4 Å². The van der Waals surface area contributed by atoms with Crippen LogP contribution in [0.1, 0.15) is 42.1 Å². The van der Waals surface area contributed by atoms with Gasteiger partial charge in [0.2, 0.25) is 5.91 Å². The van der Waals surface area contributed by atoms with Crippen LogP contribution < -0.4 is 15.8 Å². The van der Waals surface area contributed by atoms with Crippen molar-refractivity contribution in [3.8, 4) is 5.75 Å². The van der Waals surface area contributed by atoms with Crippen molar-refractivity contribution in [1.82, 2.24) is 10.2 Å². The lowest BCUT2D eigenvalue weighted by Gasteiger charge is -2.25. The van der Waals surface area contributed by atoms with Crippen molar-refractivity contribution >= 4 is 29.1 Å². The Morgan fingerprint density at radius 1 is 1.10 bits per heavy atom. The van der Waals surface area contributed by atoms with E-state index < -0.39 is 5.91 Å². The second-order valence-corrected chi connectivity index (χ2v) is 7.00. The van der Waals surface area contributed by atoms with Crippen molar-refractivity contribution in [3.05, 3.63) is 65.7 Å². The molecule has 0 fully saturated rings. The number of rotatable bonds is 10. The third-order valence-electron chi connectivity index (χ3n) is 4.24. The van der Waals surface area contributed by atoms with Gasteiger partial charge in [-0.2, -0.15) is 0 Å². The highest BCUT2D eigenvalue weighted by atomic mass is 32.1. The van der Waals surface area contributed by atoms with Crippen molar-refractivity contribution in [2.24, 2.45) is 5.73 Å². The first-order valence-electron chi connectivity index (χ1n) is 9.65. The van der Waals surface area contributed by atoms with Crippen LogP contribution in [0, 0.1) is 0 Å². The predicted molar refractivity (Wildman–Crippen MR) is 118 cm³/mol. The van der Waals surface area contributed by atoms with E-state index in [0.717, 1.165) is 24.2 Å². The second kappa shape index (κ2) is 11.8. The van der Waals surface area contributed by atoms with E-state index in [1.54, 1.807) is 29.2 Å². The summed E-state index contributed by atoms with van der Waals surface area (Å²) in [5.74, 6) is -0.00664. The number of benzene rings is 2. The maximum absolute atomic E-state index is 12.6. The Morgan fingerprint density at radius 3 is 2.41 bits per heavy atom. The Morgan fingerprint density at radius 2 is 1.79 bits per heavy atom. The molecule has 0 spiro atoms. The highest BCUT2D eigenvalue weighted by Crippen LogP contribution is 2.13. The normalized spacial score (nSPS) is 10.2. The monoisotopic (exact) mass is 413 g/mol. The van der Waals surface area contributed by atoms with Gasteiger partial charge in [0.1, 0.15) is 5.75 Å². The van der Waals surface area contributed by atoms with Crippen LogP contribution >= 0.6 is 12.2 Å². The lowest BCUT2D eigenvalue weighted by Crippen LogP contribution is -2.43. The Bertz CT molecular complexity index is 810. The van der Waals surface area contributed by atoms with Gasteiger partial charge >= 0.3 is 0 Å². The van der Waals surface area contributed by atoms with Crippen molar-refractivity contribution in [1.29, 1.82) is 0 Å². The summed E-state index contributed by atoms with van der Waals surface area (Å²) < 4.78 is 5.61. The third-order valence-corrected chi connectivity index (χ3v) is 4.60. The van der Waals surface area contributed by atoms with Crippen LogP contribution in [0.2, 0.25) is 0 Å². The molecular formula is C22H27N3O3S. The molecule has 6 nitrogen and oxygen atoms in total. The number of hydrogen-bond donors (Lipinski definition) is 2. The fourth-order valence-corrected chi connectivity index (χ4v) is 2.84. The molecule has 2 rings (SSSR count). The first kappa shape index (κ1) is 22.4. The molecule has 2 aromatic rings. The average Bonchev–Trinajstić information content (AvgIpc) is 2.72. The Balaban J connectivity index is 1.99. The molecule has 0 bridgehead atoms. The van der Waals surface area contributed by atoms with E-state index in [-0.39, 0.29) is 17.4 Å². The number of primary amides is 1. The molecule has 29 heavy (non-hydrogen) atoms. The number of hydrogen-bond acceptors (Lipinski definition) is 4. The van der Waals surface area contributed by atoms with Gasteiger partial charge in [0, 0.05) is 25.1 Å². The molecule has 154 valence electrons. The molecule has 0 aliphatic rings. The van der Waals surface area contributed by atoms with E-state index in [0.29, 0.717) is 25.3 Å². The van der Waals surface area contributed by atoms with Crippen molar-refractivity contribution in [2.75, 3.05) is 13.2 Å². The summed E-state index contributed by atoms with van der Waals surface area (Å²) in [5.41, 5.74) is 6.77. The number of amides is 2. The number of thiocarbonyl (C=S) groups is 1. The minimum absolute atomic E-state index is 0.145. The zero-order valence-corrected chi connectivity index (χ0v) is 17.4. The summed E-state index contributed by atoms with van der Waals surface area (Å²) >= 11 is 5.42. The number of nitrogens with zero attached hydrogens (tertiary/aromatic N) is 1. The first-order chi connectivity index (χ1) is 14.0. The van der Waals surface area contributed by atoms with Crippen molar-refractivity contribution in [2.45, 2.75) is 32.7 Å². The van der Waals surface area contributed by atoms with Gasteiger partial charge in [-0.1, -0.05) is 43.7 Å². The summed E-state index contributed by atoms with van der Waals surface area (Å²) in [7, 11) is 0. The minimum Gasteiger partial charge on any atom is -0.494 e. The van der Waals surface area contributed by atoms with Crippen molar-refractivity contribution < 1.29 is 14.3 Å². The highest BCUT2D eigenvalue weighted by Gasteiger charge is 2.15. The van der Waals surface area contributed by atoms with Gasteiger partial charge in [-0.05, 0) is 48.5 Å². The second-order valence-electron chi connectivity index (χ2n) is 6.61. The fourth-order valence-electron chi connectivity index (χ4n) is 2.59. The van der Waals surface area contributed by atoms with Crippen LogP contribution in [0.3, 0.4) is 0 Å². The molecule has 0 unspecified atom stereocenters. The number of nitrogens with two attached hydrogens (primary N) is 1. The largest absolute Gasteiger partial charge is 0.494 e. The summed E-state index contributed by atoms with van der Waals surface area (Å²) in [4.78, 5) is 25.5. The van der Waals surface area contributed by atoms with Crippen LogP contribution in [-0.2, 0) is 11.3 Å². The molecule has 2 amide bonds. The van der Waals surface area contributed by atoms with Crippen LogP contribution in [-0.4, -0.2) is 35.0 Å². The van der Waals surface area contributed by atoms with Crippen LogP contribution in [0.15, 0.2) is 54.6 Å². The maximum atomic E-state index is 12.6. The fraction of sp³-hybridized carbons (Fsp3) is 0.318. The standard InChI is InChI=1S/C22H27N3O3S/c1-2-3-15-28-19-11-9-18(10-12-19)21(27)24-22(29)25(14-13-20(23)26)16-17-7-5-4-6-8-17/h4-12H,2-3,13-16H2,1H3,(H2,23,26)(H,24,27,29). The number of unbranched alkanes of at least 4 members (excludes halogenated alkanes) is 1. The van der Waals surface area contributed by atoms with Gasteiger partial charge in [0.05, 0.1) is 6.61 Å². The first-order valence-corrected chi connectivity index (χ1v) is 10.1. The molecule has 0 heterocycles. The molecule has 0 aromatic heterocycles. The zero-order chi connectivity index (χ0) is 21.1. The van der Waals surface area contributed by atoms with E-state index in [2.05, 4.69) is 12.2 Å². The van der Waals surface area contributed by atoms with Crippen LogP contribution in [0.25, 0.3) is 0 Å². The minimum atomic E-state index is -0.421. The Labute approximate surface area is 177 Å². The molecule has 0 aliphatic carbocycles. The smallest absolute Gasteiger partial charge is 0.257 e. The summed E-state index contributed by atoms with van der Waals surface area (Å²) in [6, 6.07) is 16.6. The van der Waals surface area contributed by atoms with Crippen LogP contribution in [0.4, 0.5) is 0 Å². The Hall–Kier alpha value is -2.93. The number of carbonyl (C=O) groups is 2. The van der Waals surface area contributed by atoms with Gasteiger partial charge in [-0.25, -0.2) is 0 Å². The molecule has 0 radical (unpaired) electrons. The molecule has 0 saturated heterocycles. The lowest BCUT2D eigenvalue weighted by molar-refractivity contribution is -0.118. The molecule has 7 heteroatoms. The molecule has 3 N–H and O–H groups in total. The molecule has 2 aromatic carbocycles. The number of carbonyl (C=O) groups excluding carboxylic acids is 2. The predicted octanol–water partition coefficient (Wildman–Crippen LogP) is 3.26. The quantitative estimate of drug-likeness (QED) is 0.461. The molecular weight excluding hydrogens is 386 g/mol. The van der Waals surface area contributed by atoms with Gasteiger partial charge in [0.25, 0.3) is 5.91 Å². The Kier molecular flexibility index (Phi) is 9.11. The molecule has 0 atom stereocenters. The van der Waals surface area contributed by atoms with Crippen molar-refractivity contribution in [3.63, 3.8) is 0 Å². The van der Waals surface area contributed by atoms with E-state index in [9.17, 15) is 9.59 Å². The van der Waals surface area contributed by atoms with E-state index in [1.807, 2.05) is 30.3 Å². The van der Waals surface area contributed by atoms with Gasteiger partial charge in [-0.3, -0.25) is 14.9 Å². The SMILES string of the molecule is CCCCOc1ccc(C(=O)NC(=S)N(CCC(N)=O)Cc2ccccc2)cc1. The van der Waals surface area contributed by atoms with Gasteiger partial charge in [0.15, 0.2) is 5.11 Å². The lowest BCUT2D eigenvalue weighted by atomic mass is 10.2. The van der Waals surface area contributed by atoms with E-state index >= 15 is 0 Å². The topological polar surface area (TPSA) is 84.7 Å². The zero-order valence-electron chi connectivity index (χ0n) is 16.6. The van der Waals surface area contributed by atoms with Crippen LogP contribution in [0.5, 0.6) is 5.75 Å². The highest BCUT2D eigenvalue weighted by molar-refractivity contribution is 7.80. The van der Waals surface area contributed by atoms with Gasteiger partial charge in [-0.15, -0.1) is 0 Å². The summed E-state index contributed by atoms with van der Waals surface area (Å²) in [6.07, 6.45) is 2.19. The maximum Gasteiger partial charge on any atom is 0.257 e. The number of nitrogens with one attached hydrogen (secondary N) is 1. The third kappa shape index (κ3) is 7.91. The summed E-state index contributed by atoms with van der Waals surface area (Å²) in [6.45, 7) is 3.55. The number of ether oxygens (including phenoxy) is 1. The summed E-state index contributed by atoms with van der Waals surface area (Å²) in [5, 5.41) is 2.99. The molecule has 0 aliphatic heterocycles.